The molecule has 38 heavy (non-hydrogen) atoms. The highest BCUT2D eigenvalue weighted by Crippen LogP contribution is 2.34. The number of H-pyrrole nitrogens is 1. The fraction of sp³-hybridized carbons (Fsp3) is 0.133. The molecule has 0 bridgehead atoms. The molecule has 0 unspecified atom stereocenters. The number of aliphatic carboxylic acids is 1. The summed E-state index contributed by atoms with van der Waals surface area (Å²) < 4.78 is 0.864. The number of aromatic amines is 1. The Morgan fingerprint density at radius 2 is 1.71 bits per heavy atom. The molecule has 0 aliphatic carbocycles. The van der Waals surface area contributed by atoms with Crippen LogP contribution in [-0.4, -0.2) is 38.7 Å². The number of halogens is 1. The molecule has 0 saturated heterocycles. The molecule has 0 radical (unpaired) electrons. The second-order valence-electron chi connectivity index (χ2n) is 8.98. The first-order chi connectivity index (χ1) is 18.4. The number of hydrogen-bond acceptors (Lipinski definition) is 4. The normalized spacial score (nSPS) is 15.2. The van der Waals surface area contributed by atoms with Crippen LogP contribution in [0.4, 0.5) is 0 Å². The van der Waals surface area contributed by atoms with Gasteiger partial charge in [-0.3, -0.25) is 14.4 Å². The van der Waals surface area contributed by atoms with Crippen LogP contribution in [0.3, 0.4) is 0 Å². The average molecular weight is 570 g/mol. The molecule has 4 aromatic rings. The first kappa shape index (κ1) is 25.4. The number of carboxylic acids is 1. The van der Waals surface area contributed by atoms with Crippen LogP contribution in [0.5, 0.6) is 0 Å². The number of amides is 1. The highest BCUT2D eigenvalue weighted by molar-refractivity contribution is 9.10. The van der Waals surface area contributed by atoms with Crippen molar-refractivity contribution in [3.63, 3.8) is 0 Å². The maximum atomic E-state index is 13.5. The van der Waals surface area contributed by atoms with Gasteiger partial charge in [0.25, 0.3) is 5.56 Å². The number of carbonyl (C=O) groups excluding carboxylic acids is 1. The third-order valence-electron chi connectivity index (χ3n) is 6.39. The zero-order valence-corrected chi connectivity index (χ0v) is 21.9. The van der Waals surface area contributed by atoms with E-state index < -0.39 is 17.9 Å². The zero-order valence-electron chi connectivity index (χ0n) is 20.3. The minimum atomic E-state index is -1.05. The average Bonchev–Trinajstić information content (AvgIpc) is 3.35. The first-order valence-corrected chi connectivity index (χ1v) is 13.0. The molecule has 0 spiro atoms. The van der Waals surface area contributed by atoms with E-state index in [2.05, 4.69) is 26.0 Å². The summed E-state index contributed by atoms with van der Waals surface area (Å²) in [5.41, 5.74) is 3.79. The summed E-state index contributed by atoms with van der Waals surface area (Å²) in [5, 5.41) is 15.9. The summed E-state index contributed by atoms with van der Waals surface area (Å²) in [6, 6.07) is 24.5. The lowest BCUT2D eigenvalue weighted by atomic mass is 9.92. The van der Waals surface area contributed by atoms with Crippen LogP contribution in [0.25, 0.3) is 28.1 Å². The number of pyridine rings is 1. The number of aromatic nitrogens is 1. The van der Waals surface area contributed by atoms with Crippen molar-refractivity contribution in [1.29, 1.82) is 0 Å². The number of hydrazone groups is 1. The molecule has 7 nitrogen and oxygen atoms in total. The zero-order chi connectivity index (χ0) is 26.6. The van der Waals surface area contributed by atoms with Crippen molar-refractivity contribution in [3.8, 4) is 11.1 Å². The predicted molar refractivity (Wildman–Crippen MR) is 152 cm³/mol. The van der Waals surface area contributed by atoms with Crippen LogP contribution in [0.15, 0.2) is 99.3 Å². The van der Waals surface area contributed by atoms with Crippen molar-refractivity contribution in [3.05, 3.63) is 111 Å². The van der Waals surface area contributed by atoms with Crippen molar-refractivity contribution in [2.24, 2.45) is 5.10 Å². The Balaban J connectivity index is 1.64. The highest BCUT2D eigenvalue weighted by Gasteiger charge is 2.33. The highest BCUT2D eigenvalue weighted by atomic mass is 79.9. The van der Waals surface area contributed by atoms with Gasteiger partial charge in [-0.2, -0.15) is 5.10 Å². The molecule has 1 amide bonds. The van der Waals surface area contributed by atoms with E-state index >= 15 is 0 Å². The van der Waals surface area contributed by atoms with Gasteiger partial charge >= 0.3 is 5.97 Å². The van der Waals surface area contributed by atoms with E-state index in [9.17, 15) is 14.4 Å². The van der Waals surface area contributed by atoms with Gasteiger partial charge in [0.15, 0.2) is 0 Å². The van der Waals surface area contributed by atoms with Crippen molar-refractivity contribution in [1.82, 2.24) is 9.99 Å². The smallest absolute Gasteiger partial charge is 0.303 e. The van der Waals surface area contributed by atoms with E-state index in [4.69, 9.17) is 5.11 Å². The number of carbonyl (C=O) groups is 2. The largest absolute Gasteiger partial charge is 0.481 e. The van der Waals surface area contributed by atoms with Gasteiger partial charge in [0, 0.05) is 33.8 Å². The number of nitrogens with zero attached hydrogens (tertiary/aromatic N) is 2. The summed E-state index contributed by atoms with van der Waals surface area (Å²) in [5.74, 6) is -1.47. The van der Waals surface area contributed by atoms with Crippen LogP contribution in [0.2, 0.25) is 0 Å². The third-order valence-corrected chi connectivity index (χ3v) is 6.88. The lowest BCUT2D eigenvalue weighted by Gasteiger charge is -2.18. The fourth-order valence-electron chi connectivity index (χ4n) is 4.63. The van der Waals surface area contributed by atoms with Crippen molar-refractivity contribution in [2.75, 3.05) is 0 Å². The van der Waals surface area contributed by atoms with Gasteiger partial charge in [0.05, 0.1) is 23.7 Å². The predicted octanol–water partition coefficient (Wildman–Crippen LogP) is 5.84. The summed E-state index contributed by atoms with van der Waals surface area (Å²) in [6.45, 7) is 0. The molecular weight excluding hydrogens is 546 g/mol. The van der Waals surface area contributed by atoms with Gasteiger partial charge in [-0.05, 0) is 29.3 Å². The quantitative estimate of drug-likeness (QED) is 0.292. The lowest BCUT2D eigenvalue weighted by molar-refractivity contribution is -0.141. The minimum Gasteiger partial charge on any atom is -0.481 e. The standard InChI is InChI=1S/C30H24BrN3O4/c31-21-12-14-24-23(17-21)28(20-9-5-2-6-10-20)29(30(38)32-24)25-18-22(13-11-19-7-3-1-4-8-19)34(33-25)26(35)15-16-27(36)37/h1-14,17,22H,15-16,18H2,(H,32,38)(H,36,37)/b13-11-/t22-/m0/s1. The number of carboxylic acid groups (broad SMARTS) is 1. The van der Waals surface area contributed by atoms with Crippen LogP contribution in [-0.2, 0) is 9.59 Å². The van der Waals surface area contributed by atoms with E-state index in [1.165, 1.54) is 5.01 Å². The summed E-state index contributed by atoms with van der Waals surface area (Å²) in [7, 11) is 0. The molecule has 2 heterocycles. The van der Waals surface area contributed by atoms with Crippen LogP contribution >= 0.6 is 15.9 Å². The molecule has 5 rings (SSSR count). The third kappa shape index (κ3) is 5.35. The van der Waals surface area contributed by atoms with Crippen molar-refractivity contribution >= 4 is 50.5 Å². The summed E-state index contributed by atoms with van der Waals surface area (Å²) in [6.07, 6.45) is 3.60. The van der Waals surface area contributed by atoms with Crippen LogP contribution in [0, 0.1) is 0 Å². The number of rotatable bonds is 7. The fourth-order valence-corrected chi connectivity index (χ4v) is 4.99. The molecule has 1 atom stereocenters. The maximum Gasteiger partial charge on any atom is 0.303 e. The summed E-state index contributed by atoms with van der Waals surface area (Å²) >= 11 is 3.54. The molecule has 0 fully saturated rings. The molecule has 1 aliphatic heterocycles. The van der Waals surface area contributed by atoms with Gasteiger partial charge in [-0.25, -0.2) is 5.01 Å². The topological polar surface area (TPSA) is 103 Å². The van der Waals surface area contributed by atoms with Gasteiger partial charge < -0.3 is 10.1 Å². The first-order valence-electron chi connectivity index (χ1n) is 12.2. The minimum absolute atomic E-state index is 0.186. The molecule has 0 saturated carbocycles. The Morgan fingerprint density at radius 1 is 1.00 bits per heavy atom. The molecular formula is C30H24BrN3O4. The molecule has 1 aromatic heterocycles. The molecule has 8 heteroatoms. The Labute approximate surface area is 227 Å². The van der Waals surface area contributed by atoms with Crippen molar-refractivity contribution < 1.29 is 14.7 Å². The monoisotopic (exact) mass is 569 g/mol. The Hall–Kier alpha value is -4.30. The van der Waals surface area contributed by atoms with E-state index in [0.29, 0.717) is 23.2 Å². The molecule has 3 aromatic carbocycles. The molecule has 1 aliphatic rings. The van der Waals surface area contributed by atoms with Gasteiger partial charge in [-0.15, -0.1) is 0 Å². The second-order valence-corrected chi connectivity index (χ2v) is 9.90. The number of benzene rings is 3. The van der Waals surface area contributed by atoms with Gasteiger partial charge in [-0.1, -0.05) is 88.7 Å². The van der Waals surface area contributed by atoms with E-state index in [-0.39, 0.29) is 18.4 Å². The molecule has 190 valence electrons. The van der Waals surface area contributed by atoms with E-state index in [1.54, 1.807) is 0 Å². The molecule has 2 N–H and O–H groups in total. The number of nitrogens with one attached hydrogen (secondary N) is 1. The van der Waals surface area contributed by atoms with E-state index in [0.717, 1.165) is 26.5 Å². The van der Waals surface area contributed by atoms with Gasteiger partial charge in [0.1, 0.15) is 0 Å². The maximum absolute atomic E-state index is 13.5. The Morgan fingerprint density at radius 3 is 2.42 bits per heavy atom. The number of hydrogen-bond donors (Lipinski definition) is 2. The Kier molecular flexibility index (Phi) is 7.33. The summed E-state index contributed by atoms with van der Waals surface area (Å²) in [4.78, 5) is 40.7. The second kappa shape index (κ2) is 11.0. The van der Waals surface area contributed by atoms with E-state index in [1.807, 2.05) is 91.0 Å². The van der Waals surface area contributed by atoms with Crippen LogP contribution in [0.1, 0.15) is 30.4 Å². The Bertz CT molecular complexity index is 1630. The number of fused-ring (bicyclic) bond motifs is 1. The lowest BCUT2D eigenvalue weighted by Crippen LogP contribution is -2.31. The SMILES string of the molecule is O=C(O)CCC(=O)N1N=C(c2c(-c3ccccc3)c3cc(Br)ccc3[nH]c2=O)C[C@@H]1/C=C\c1ccccc1. The van der Waals surface area contributed by atoms with Gasteiger partial charge in [0.2, 0.25) is 5.91 Å². The van der Waals surface area contributed by atoms with Crippen LogP contribution < -0.4 is 5.56 Å². The van der Waals surface area contributed by atoms with Crippen molar-refractivity contribution in [2.45, 2.75) is 25.3 Å².